The van der Waals surface area contributed by atoms with Crippen molar-refractivity contribution in [2.45, 2.75) is 0 Å². The zero-order chi connectivity index (χ0) is 20.0. The van der Waals surface area contributed by atoms with E-state index in [1.807, 2.05) is 0 Å². The Morgan fingerprint density at radius 2 is 1.81 bits per heavy atom. The van der Waals surface area contributed by atoms with Crippen LogP contribution in [0.4, 0.5) is 11.4 Å². The molecule has 27 heavy (non-hydrogen) atoms. The zero-order valence-corrected chi connectivity index (χ0v) is 15.1. The van der Waals surface area contributed by atoms with Gasteiger partial charge in [0.05, 0.1) is 12.0 Å². The Bertz CT molecular complexity index is 849. The second-order valence-electron chi connectivity index (χ2n) is 5.70. The fourth-order valence-electron chi connectivity index (χ4n) is 2.09. The lowest BCUT2D eigenvalue weighted by atomic mass is 10.1. The number of benzene rings is 2. The van der Waals surface area contributed by atoms with Crippen LogP contribution in [-0.4, -0.2) is 49.4 Å². The Kier molecular flexibility index (Phi) is 6.32. The van der Waals surface area contributed by atoms with Crippen molar-refractivity contribution in [1.29, 1.82) is 0 Å². The number of nitrogens with zero attached hydrogens (tertiary/aromatic N) is 2. The van der Waals surface area contributed by atoms with Crippen LogP contribution in [0.15, 0.2) is 42.5 Å². The highest BCUT2D eigenvalue weighted by Crippen LogP contribution is 2.28. The average molecular weight is 373 g/mol. The molecule has 2 aromatic rings. The summed E-state index contributed by atoms with van der Waals surface area (Å²) in [5.74, 6) is -0.126. The standard InChI is InChI=1S/C18H19N3O6/c1-20(2)17(22)11-27-14-7-5-13(6-8-14)19-18(23)12-4-9-16(26-3)15(10-12)21(24)25/h4-10H,11H2,1-3H3,(H,19,23). The van der Waals surface area contributed by atoms with Crippen molar-refractivity contribution in [2.75, 3.05) is 33.1 Å². The number of amides is 2. The maximum Gasteiger partial charge on any atom is 0.311 e. The van der Waals surface area contributed by atoms with Gasteiger partial charge >= 0.3 is 5.69 Å². The van der Waals surface area contributed by atoms with Crippen molar-refractivity contribution >= 4 is 23.2 Å². The van der Waals surface area contributed by atoms with Crippen molar-refractivity contribution in [3.63, 3.8) is 0 Å². The number of carbonyl (C=O) groups excluding carboxylic acids is 2. The molecule has 142 valence electrons. The van der Waals surface area contributed by atoms with E-state index in [1.165, 1.54) is 24.1 Å². The van der Waals surface area contributed by atoms with Crippen LogP contribution < -0.4 is 14.8 Å². The molecule has 1 N–H and O–H groups in total. The van der Waals surface area contributed by atoms with Gasteiger partial charge < -0.3 is 19.7 Å². The fraction of sp³-hybridized carbons (Fsp3) is 0.222. The molecule has 0 radical (unpaired) electrons. The molecule has 9 nitrogen and oxygen atoms in total. The van der Waals surface area contributed by atoms with E-state index in [2.05, 4.69) is 5.32 Å². The van der Waals surface area contributed by atoms with Gasteiger partial charge in [-0.1, -0.05) is 0 Å². The molecule has 0 aliphatic carbocycles. The van der Waals surface area contributed by atoms with Crippen LogP contribution in [0.3, 0.4) is 0 Å². The molecule has 0 aliphatic heterocycles. The van der Waals surface area contributed by atoms with Gasteiger partial charge in [-0.3, -0.25) is 19.7 Å². The van der Waals surface area contributed by atoms with Crippen molar-refractivity contribution in [3.8, 4) is 11.5 Å². The number of likely N-dealkylation sites (N-methyl/N-ethyl adjacent to an activating group) is 1. The predicted molar refractivity (Wildman–Crippen MR) is 98.2 cm³/mol. The highest BCUT2D eigenvalue weighted by atomic mass is 16.6. The molecule has 0 heterocycles. The van der Waals surface area contributed by atoms with Crippen LogP contribution in [0, 0.1) is 10.1 Å². The molecule has 0 unspecified atom stereocenters. The van der Waals surface area contributed by atoms with E-state index in [9.17, 15) is 19.7 Å². The minimum Gasteiger partial charge on any atom is -0.490 e. The molecule has 2 aromatic carbocycles. The molecular weight excluding hydrogens is 354 g/mol. The van der Waals surface area contributed by atoms with Gasteiger partial charge in [-0.15, -0.1) is 0 Å². The Labute approximate surface area is 155 Å². The summed E-state index contributed by atoms with van der Waals surface area (Å²) in [6, 6.07) is 10.4. The zero-order valence-electron chi connectivity index (χ0n) is 15.1. The molecule has 0 aromatic heterocycles. The number of hydrogen-bond donors (Lipinski definition) is 1. The molecular formula is C18H19N3O6. The number of rotatable bonds is 7. The third-order valence-electron chi connectivity index (χ3n) is 3.61. The number of ether oxygens (including phenoxy) is 2. The molecule has 2 amide bonds. The van der Waals surface area contributed by atoms with Gasteiger partial charge in [-0.25, -0.2) is 0 Å². The maximum absolute atomic E-state index is 12.3. The number of carbonyl (C=O) groups is 2. The summed E-state index contributed by atoms with van der Waals surface area (Å²) in [5.41, 5.74) is 0.309. The summed E-state index contributed by atoms with van der Waals surface area (Å²) >= 11 is 0. The van der Waals surface area contributed by atoms with E-state index in [0.717, 1.165) is 6.07 Å². The number of nitro groups is 1. The Hall–Kier alpha value is -3.62. The lowest BCUT2D eigenvalue weighted by Crippen LogP contribution is -2.27. The van der Waals surface area contributed by atoms with Crippen LogP contribution >= 0.6 is 0 Å². The molecule has 0 aliphatic rings. The molecule has 0 saturated heterocycles. The average Bonchev–Trinajstić information content (AvgIpc) is 2.66. The predicted octanol–water partition coefficient (Wildman–Crippen LogP) is 2.32. The van der Waals surface area contributed by atoms with Crippen molar-refractivity contribution in [1.82, 2.24) is 4.90 Å². The van der Waals surface area contributed by atoms with Crippen molar-refractivity contribution in [2.24, 2.45) is 0 Å². The smallest absolute Gasteiger partial charge is 0.311 e. The van der Waals surface area contributed by atoms with Gasteiger partial charge in [-0.05, 0) is 36.4 Å². The number of methoxy groups -OCH3 is 1. The van der Waals surface area contributed by atoms with Gasteiger partial charge in [0.25, 0.3) is 11.8 Å². The fourth-order valence-corrected chi connectivity index (χ4v) is 2.09. The number of hydrogen-bond acceptors (Lipinski definition) is 6. The Balaban J connectivity index is 2.04. The SMILES string of the molecule is COc1ccc(C(=O)Nc2ccc(OCC(=O)N(C)C)cc2)cc1[N+](=O)[O-]. The van der Waals surface area contributed by atoms with Crippen molar-refractivity contribution in [3.05, 3.63) is 58.1 Å². The normalized spacial score (nSPS) is 10.0. The summed E-state index contributed by atoms with van der Waals surface area (Å²) in [6.45, 7) is -0.0891. The van der Waals surface area contributed by atoms with Crippen LogP contribution in [0.2, 0.25) is 0 Å². The quantitative estimate of drug-likeness (QED) is 0.589. The molecule has 0 bridgehead atoms. The molecule has 2 rings (SSSR count). The van der Waals surface area contributed by atoms with E-state index in [-0.39, 0.29) is 29.5 Å². The lowest BCUT2D eigenvalue weighted by Gasteiger charge is -2.12. The highest BCUT2D eigenvalue weighted by Gasteiger charge is 2.18. The van der Waals surface area contributed by atoms with E-state index in [0.29, 0.717) is 11.4 Å². The van der Waals surface area contributed by atoms with E-state index >= 15 is 0 Å². The topological polar surface area (TPSA) is 111 Å². The summed E-state index contributed by atoms with van der Waals surface area (Å²) in [7, 11) is 4.58. The first-order chi connectivity index (χ1) is 12.8. The minimum absolute atomic E-state index is 0.0744. The molecule has 0 saturated carbocycles. The maximum atomic E-state index is 12.3. The van der Waals surface area contributed by atoms with Gasteiger partial charge in [0.2, 0.25) is 0 Å². The van der Waals surface area contributed by atoms with E-state index in [4.69, 9.17) is 9.47 Å². The second kappa shape index (κ2) is 8.65. The van der Waals surface area contributed by atoms with Crippen LogP contribution in [0.25, 0.3) is 0 Å². The van der Waals surface area contributed by atoms with E-state index < -0.39 is 10.8 Å². The molecule has 0 spiro atoms. The van der Waals surface area contributed by atoms with Gasteiger partial charge in [0, 0.05) is 31.4 Å². The Morgan fingerprint density at radius 1 is 1.15 bits per heavy atom. The van der Waals surface area contributed by atoms with Gasteiger partial charge in [-0.2, -0.15) is 0 Å². The van der Waals surface area contributed by atoms with Crippen LogP contribution in [0.1, 0.15) is 10.4 Å². The van der Waals surface area contributed by atoms with Crippen LogP contribution in [-0.2, 0) is 4.79 Å². The first-order valence-corrected chi connectivity index (χ1v) is 7.88. The summed E-state index contributed by atoms with van der Waals surface area (Å²) in [5, 5.41) is 13.7. The number of anilines is 1. The minimum atomic E-state index is -0.614. The lowest BCUT2D eigenvalue weighted by molar-refractivity contribution is -0.385. The summed E-state index contributed by atoms with van der Waals surface area (Å²) in [4.78, 5) is 35.7. The van der Waals surface area contributed by atoms with Gasteiger partial charge in [0.1, 0.15) is 5.75 Å². The third kappa shape index (κ3) is 5.18. The van der Waals surface area contributed by atoms with Gasteiger partial charge in [0.15, 0.2) is 12.4 Å². The Morgan fingerprint density at radius 3 is 2.37 bits per heavy atom. The third-order valence-corrected chi connectivity index (χ3v) is 3.61. The first-order valence-electron chi connectivity index (χ1n) is 7.88. The number of nitro benzene ring substituents is 1. The number of nitrogens with one attached hydrogen (secondary N) is 1. The van der Waals surface area contributed by atoms with Crippen molar-refractivity contribution < 1.29 is 24.0 Å². The monoisotopic (exact) mass is 373 g/mol. The van der Waals surface area contributed by atoms with E-state index in [1.54, 1.807) is 38.4 Å². The molecule has 9 heteroatoms. The first kappa shape index (κ1) is 19.7. The second-order valence-corrected chi connectivity index (χ2v) is 5.70. The summed E-state index contributed by atoms with van der Waals surface area (Å²) < 4.78 is 10.3. The molecule has 0 atom stereocenters. The largest absolute Gasteiger partial charge is 0.490 e. The molecule has 0 fully saturated rings. The highest BCUT2D eigenvalue weighted by molar-refractivity contribution is 6.04. The summed E-state index contributed by atoms with van der Waals surface area (Å²) in [6.07, 6.45) is 0. The van der Waals surface area contributed by atoms with Crippen LogP contribution in [0.5, 0.6) is 11.5 Å².